The van der Waals surface area contributed by atoms with Gasteiger partial charge >= 0.3 is 0 Å². The van der Waals surface area contributed by atoms with Gasteiger partial charge < -0.3 is 24.9 Å². The van der Waals surface area contributed by atoms with Crippen LogP contribution < -0.4 is 10.3 Å². The van der Waals surface area contributed by atoms with Gasteiger partial charge in [0.15, 0.2) is 11.2 Å². The van der Waals surface area contributed by atoms with Crippen molar-refractivity contribution in [2.24, 2.45) is 0 Å². The molecular weight excluding hydrogens is 348 g/mol. The SMILES string of the molecule is CCOc1cc(-c2cc(O)cc(O)c2)ccc1-c1nc2nc[nH]c2c(=O)[nH]1. The summed E-state index contributed by atoms with van der Waals surface area (Å²) in [6.45, 7) is 2.26. The highest BCUT2D eigenvalue weighted by Crippen LogP contribution is 2.35. The molecule has 4 aromatic rings. The number of nitrogens with one attached hydrogen (secondary N) is 2. The fourth-order valence-electron chi connectivity index (χ4n) is 2.90. The van der Waals surface area contributed by atoms with Crippen LogP contribution in [0.25, 0.3) is 33.7 Å². The van der Waals surface area contributed by atoms with E-state index in [-0.39, 0.29) is 17.1 Å². The van der Waals surface area contributed by atoms with E-state index in [4.69, 9.17) is 4.74 Å². The van der Waals surface area contributed by atoms with Crippen LogP contribution in [-0.2, 0) is 0 Å². The quantitative estimate of drug-likeness (QED) is 0.441. The second kappa shape index (κ2) is 6.49. The first-order chi connectivity index (χ1) is 13.0. The van der Waals surface area contributed by atoms with Crippen LogP contribution in [-0.4, -0.2) is 36.8 Å². The number of aromatic hydroxyl groups is 2. The molecule has 136 valence electrons. The van der Waals surface area contributed by atoms with Gasteiger partial charge in [-0.3, -0.25) is 4.79 Å². The zero-order valence-electron chi connectivity index (χ0n) is 14.4. The molecule has 0 bridgehead atoms. The maximum absolute atomic E-state index is 12.2. The van der Waals surface area contributed by atoms with Crippen molar-refractivity contribution in [3.05, 3.63) is 53.1 Å². The van der Waals surface area contributed by atoms with Crippen molar-refractivity contribution in [1.29, 1.82) is 0 Å². The zero-order valence-corrected chi connectivity index (χ0v) is 14.4. The molecule has 0 fully saturated rings. The minimum Gasteiger partial charge on any atom is -0.508 e. The summed E-state index contributed by atoms with van der Waals surface area (Å²) in [6.07, 6.45) is 1.41. The first-order valence-electron chi connectivity index (χ1n) is 8.29. The lowest BCUT2D eigenvalue weighted by molar-refractivity contribution is 0.341. The van der Waals surface area contributed by atoms with Gasteiger partial charge in [0.2, 0.25) is 0 Å². The minimum absolute atomic E-state index is 0.0398. The van der Waals surface area contributed by atoms with E-state index in [1.165, 1.54) is 12.4 Å². The number of nitrogens with zero attached hydrogens (tertiary/aromatic N) is 2. The normalized spacial score (nSPS) is 11.0. The van der Waals surface area contributed by atoms with Crippen LogP contribution in [0.4, 0.5) is 0 Å². The molecule has 2 aromatic heterocycles. The Morgan fingerprint density at radius 2 is 1.85 bits per heavy atom. The molecule has 4 rings (SSSR count). The summed E-state index contributed by atoms with van der Waals surface area (Å²) in [5.74, 6) is 0.772. The van der Waals surface area contributed by atoms with Crippen molar-refractivity contribution >= 4 is 11.2 Å². The van der Waals surface area contributed by atoms with E-state index >= 15 is 0 Å². The van der Waals surface area contributed by atoms with Crippen LogP contribution in [0.5, 0.6) is 17.2 Å². The molecule has 27 heavy (non-hydrogen) atoms. The molecule has 0 spiro atoms. The number of phenolic OH excluding ortho intramolecular Hbond substituents is 2. The van der Waals surface area contributed by atoms with E-state index in [0.29, 0.717) is 40.5 Å². The van der Waals surface area contributed by atoms with Gasteiger partial charge in [-0.1, -0.05) is 6.07 Å². The molecule has 0 unspecified atom stereocenters. The average Bonchev–Trinajstić information content (AvgIpc) is 3.10. The first-order valence-corrected chi connectivity index (χ1v) is 8.29. The van der Waals surface area contributed by atoms with Crippen LogP contribution in [0.15, 0.2) is 47.5 Å². The molecule has 2 aromatic carbocycles. The summed E-state index contributed by atoms with van der Waals surface area (Å²) >= 11 is 0. The molecule has 0 aliphatic heterocycles. The maximum Gasteiger partial charge on any atom is 0.277 e. The summed E-state index contributed by atoms with van der Waals surface area (Å²) in [5.41, 5.74) is 2.27. The molecule has 0 atom stereocenters. The summed E-state index contributed by atoms with van der Waals surface area (Å²) in [5, 5.41) is 19.4. The predicted octanol–water partition coefficient (Wildman–Crippen LogP) is 2.79. The first kappa shape index (κ1) is 16.6. The number of rotatable bonds is 4. The average molecular weight is 364 g/mol. The number of phenols is 2. The van der Waals surface area contributed by atoms with Gasteiger partial charge in [-0.15, -0.1) is 0 Å². The fraction of sp³-hybridized carbons (Fsp3) is 0.105. The number of aromatic nitrogens is 4. The van der Waals surface area contributed by atoms with Crippen LogP contribution in [0.1, 0.15) is 6.92 Å². The van der Waals surface area contributed by atoms with Crippen molar-refractivity contribution in [3.63, 3.8) is 0 Å². The topological polar surface area (TPSA) is 124 Å². The standard InChI is InChI=1S/C19H16N4O4/c1-2-27-15-7-10(11-5-12(24)8-13(25)6-11)3-4-14(15)17-22-18-16(19(26)23-17)20-9-21-18/h3-9,24-25H,2H2,1H3,(H2,20,21,22,23,26). The lowest BCUT2D eigenvalue weighted by Gasteiger charge is -2.12. The number of hydrogen-bond acceptors (Lipinski definition) is 6. The van der Waals surface area contributed by atoms with Gasteiger partial charge in [0, 0.05) is 6.07 Å². The van der Waals surface area contributed by atoms with E-state index in [9.17, 15) is 15.0 Å². The maximum atomic E-state index is 12.2. The van der Waals surface area contributed by atoms with Crippen LogP contribution in [0.2, 0.25) is 0 Å². The second-order valence-electron chi connectivity index (χ2n) is 5.90. The lowest BCUT2D eigenvalue weighted by Crippen LogP contribution is -2.10. The summed E-state index contributed by atoms with van der Waals surface area (Å²) < 4.78 is 5.73. The smallest absolute Gasteiger partial charge is 0.277 e. The minimum atomic E-state index is -0.322. The molecule has 0 aliphatic rings. The fourth-order valence-corrected chi connectivity index (χ4v) is 2.90. The Labute approximate surface area is 153 Å². The zero-order chi connectivity index (χ0) is 19.0. The van der Waals surface area contributed by atoms with Crippen LogP contribution in [0.3, 0.4) is 0 Å². The lowest BCUT2D eigenvalue weighted by atomic mass is 10.0. The largest absolute Gasteiger partial charge is 0.508 e. The summed E-state index contributed by atoms with van der Waals surface area (Å²) in [7, 11) is 0. The van der Waals surface area contributed by atoms with Crippen molar-refractivity contribution < 1.29 is 14.9 Å². The number of hydrogen-bond donors (Lipinski definition) is 4. The molecule has 8 nitrogen and oxygen atoms in total. The van der Waals surface area contributed by atoms with Gasteiger partial charge in [-0.05, 0) is 42.3 Å². The second-order valence-corrected chi connectivity index (χ2v) is 5.90. The number of benzene rings is 2. The number of imidazole rings is 1. The molecule has 8 heteroatoms. The van der Waals surface area contributed by atoms with E-state index in [2.05, 4.69) is 19.9 Å². The van der Waals surface area contributed by atoms with Gasteiger partial charge in [0.05, 0.1) is 18.5 Å². The Hall–Kier alpha value is -3.81. The van der Waals surface area contributed by atoms with E-state index < -0.39 is 0 Å². The molecule has 0 amide bonds. The third-order valence-electron chi connectivity index (χ3n) is 4.07. The van der Waals surface area contributed by atoms with Crippen molar-refractivity contribution in [2.45, 2.75) is 6.92 Å². The highest BCUT2D eigenvalue weighted by molar-refractivity contribution is 5.77. The van der Waals surface area contributed by atoms with Crippen molar-refractivity contribution in [1.82, 2.24) is 19.9 Å². The van der Waals surface area contributed by atoms with Gasteiger partial charge in [0.1, 0.15) is 23.1 Å². The summed E-state index contributed by atoms with van der Waals surface area (Å²) in [4.78, 5) is 26.1. The molecule has 0 radical (unpaired) electrons. The van der Waals surface area contributed by atoms with Gasteiger partial charge in [-0.25, -0.2) is 9.97 Å². The number of aromatic amines is 2. The van der Waals surface area contributed by atoms with E-state index in [0.717, 1.165) is 5.56 Å². The molecule has 4 N–H and O–H groups in total. The van der Waals surface area contributed by atoms with Crippen LogP contribution >= 0.6 is 0 Å². The van der Waals surface area contributed by atoms with E-state index in [1.807, 2.05) is 6.92 Å². The Morgan fingerprint density at radius 1 is 1.07 bits per heavy atom. The number of ether oxygens (including phenoxy) is 1. The van der Waals surface area contributed by atoms with E-state index in [1.54, 1.807) is 30.3 Å². The van der Waals surface area contributed by atoms with Crippen molar-refractivity contribution in [3.8, 4) is 39.8 Å². The Morgan fingerprint density at radius 3 is 2.59 bits per heavy atom. The molecule has 0 saturated carbocycles. The monoisotopic (exact) mass is 364 g/mol. The highest BCUT2D eigenvalue weighted by Gasteiger charge is 2.14. The number of H-pyrrole nitrogens is 2. The Balaban J connectivity index is 1.86. The van der Waals surface area contributed by atoms with Gasteiger partial charge in [-0.2, -0.15) is 0 Å². The Bertz CT molecular complexity index is 1180. The predicted molar refractivity (Wildman–Crippen MR) is 99.9 cm³/mol. The number of fused-ring (bicyclic) bond motifs is 1. The summed E-state index contributed by atoms with van der Waals surface area (Å²) in [6, 6.07) is 9.66. The third-order valence-corrected chi connectivity index (χ3v) is 4.07. The molecule has 2 heterocycles. The molecule has 0 aliphatic carbocycles. The van der Waals surface area contributed by atoms with Gasteiger partial charge in [0.25, 0.3) is 5.56 Å². The molecular formula is C19H16N4O4. The highest BCUT2D eigenvalue weighted by atomic mass is 16.5. The molecule has 0 saturated heterocycles. The van der Waals surface area contributed by atoms with Crippen LogP contribution in [0, 0.1) is 0 Å². The Kier molecular flexibility index (Phi) is 4.00. The third kappa shape index (κ3) is 3.08. The van der Waals surface area contributed by atoms with Crippen molar-refractivity contribution in [2.75, 3.05) is 6.61 Å².